The Balaban J connectivity index is 2.16. The Hall–Kier alpha value is -2.53. The quantitative estimate of drug-likeness (QED) is 0.553. The first-order valence-corrected chi connectivity index (χ1v) is 11.5. The SMILES string of the molecule is C[C@H]1COCCN1c1cc(Br)c2ncnc(N(C(=O)OC(C)(C)C)C(=O)OC(C)(C)C)c2n1. The fraction of sp³-hybridized carbons (Fsp3) is 0.591. The molecule has 1 aliphatic heterocycles. The van der Waals surface area contributed by atoms with E-state index < -0.39 is 23.4 Å². The number of nitrogens with zero attached hydrogens (tertiary/aromatic N) is 5. The van der Waals surface area contributed by atoms with Crippen LogP contribution in [-0.4, -0.2) is 64.1 Å². The summed E-state index contributed by atoms with van der Waals surface area (Å²) in [6.45, 7) is 14.1. The fourth-order valence-electron chi connectivity index (χ4n) is 3.22. The van der Waals surface area contributed by atoms with Gasteiger partial charge in [0.25, 0.3) is 0 Å². The smallest absolute Gasteiger partial charge is 0.425 e. The molecule has 0 radical (unpaired) electrons. The van der Waals surface area contributed by atoms with Crippen LogP contribution < -0.4 is 9.80 Å². The molecule has 1 aliphatic rings. The van der Waals surface area contributed by atoms with Crippen LogP contribution in [0.1, 0.15) is 48.5 Å². The van der Waals surface area contributed by atoms with E-state index in [4.69, 9.17) is 19.2 Å². The van der Waals surface area contributed by atoms with Crippen LogP contribution in [0.25, 0.3) is 11.0 Å². The Morgan fingerprint density at radius 3 is 2.24 bits per heavy atom. The molecule has 0 bridgehead atoms. The van der Waals surface area contributed by atoms with Gasteiger partial charge in [0, 0.05) is 11.0 Å². The lowest BCUT2D eigenvalue weighted by Crippen LogP contribution is -2.45. The Labute approximate surface area is 201 Å². The molecule has 2 amide bonds. The third-order valence-electron chi connectivity index (χ3n) is 4.54. The number of morpholine rings is 1. The average Bonchev–Trinajstić information content (AvgIpc) is 2.66. The van der Waals surface area contributed by atoms with Gasteiger partial charge < -0.3 is 19.1 Å². The minimum atomic E-state index is -0.917. The Morgan fingerprint density at radius 1 is 1.09 bits per heavy atom. The van der Waals surface area contributed by atoms with E-state index in [1.807, 2.05) is 13.0 Å². The van der Waals surface area contributed by atoms with E-state index in [0.29, 0.717) is 35.6 Å². The van der Waals surface area contributed by atoms with Gasteiger partial charge in [-0.25, -0.2) is 24.5 Å². The van der Waals surface area contributed by atoms with Crippen molar-refractivity contribution in [1.29, 1.82) is 0 Å². The molecule has 10 nitrogen and oxygen atoms in total. The first kappa shape index (κ1) is 25.1. The number of ether oxygens (including phenoxy) is 3. The number of hydrogen-bond acceptors (Lipinski definition) is 9. The molecule has 11 heteroatoms. The van der Waals surface area contributed by atoms with Gasteiger partial charge >= 0.3 is 12.2 Å². The summed E-state index contributed by atoms with van der Waals surface area (Å²) >= 11 is 3.55. The van der Waals surface area contributed by atoms with Crippen LogP contribution in [-0.2, 0) is 14.2 Å². The number of carbonyl (C=O) groups excluding carboxylic acids is 2. The molecule has 1 atom stereocenters. The van der Waals surface area contributed by atoms with Crippen molar-refractivity contribution >= 4 is 50.8 Å². The summed E-state index contributed by atoms with van der Waals surface area (Å²) in [7, 11) is 0. The molecule has 0 aliphatic carbocycles. The minimum Gasteiger partial charge on any atom is -0.443 e. The van der Waals surface area contributed by atoms with Crippen molar-refractivity contribution in [3.63, 3.8) is 0 Å². The molecular formula is C22H30BrN5O5. The number of aromatic nitrogens is 3. The van der Waals surface area contributed by atoms with Crippen molar-refractivity contribution in [2.75, 3.05) is 29.6 Å². The van der Waals surface area contributed by atoms with E-state index in [1.54, 1.807) is 41.5 Å². The second kappa shape index (κ2) is 9.38. The maximum Gasteiger partial charge on any atom is 0.425 e. The van der Waals surface area contributed by atoms with Gasteiger partial charge in [0.05, 0.1) is 19.3 Å². The van der Waals surface area contributed by atoms with Gasteiger partial charge in [-0.3, -0.25) is 0 Å². The highest BCUT2D eigenvalue weighted by Crippen LogP contribution is 2.33. The van der Waals surface area contributed by atoms with Gasteiger partial charge in [-0.05, 0) is 70.5 Å². The number of fused-ring (bicyclic) bond motifs is 1. The zero-order valence-corrected chi connectivity index (χ0v) is 21.6. The lowest BCUT2D eigenvalue weighted by Gasteiger charge is -2.34. The van der Waals surface area contributed by atoms with Crippen LogP contribution in [0.3, 0.4) is 0 Å². The average molecular weight is 524 g/mol. The molecule has 2 aromatic rings. The van der Waals surface area contributed by atoms with E-state index in [-0.39, 0.29) is 17.4 Å². The molecule has 0 unspecified atom stereocenters. The standard InChI is InChI=1S/C22H30BrN5O5/c1-13-11-31-9-8-27(13)15-10-14(23)16-17(26-15)18(25-12-24-16)28(19(29)32-21(2,3)4)20(30)33-22(5,6)7/h10,12-13H,8-9,11H2,1-7H3/t13-/m0/s1. The molecule has 3 rings (SSSR count). The first-order chi connectivity index (χ1) is 15.3. The van der Waals surface area contributed by atoms with Gasteiger partial charge in [-0.1, -0.05) is 0 Å². The van der Waals surface area contributed by atoms with Crippen LogP contribution in [0.15, 0.2) is 16.9 Å². The summed E-state index contributed by atoms with van der Waals surface area (Å²) in [5.41, 5.74) is -0.982. The largest absolute Gasteiger partial charge is 0.443 e. The van der Waals surface area contributed by atoms with Crippen LogP contribution in [0.4, 0.5) is 21.2 Å². The highest BCUT2D eigenvalue weighted by molar-refractivity contribution is 9.10. The molecule has 180 valence electrons. The number of hydrogen-bond donors (Lipinski definition) is 0. The summed E-state index contributed by atoms with van der Waals surface area (Å²) in [6, 6.07) is 1.95. The van der Waals surface area contributed by atoms with Crippen molar-refractivity contribution in [2.24, 2.45) is 0 Å². The topological polar surface area (TPSA) is 107 Å². The summed E-state index contributed by atoms with van der Waals surface area (Å²) < 4.78 is 17.2. The number of imide groups is 1. The van der Waals surface area contributed by atoms with Gasteiger partial charge in [-0.2, -0.15) is 4.90 Å². The molecule has 0 spiro atoms. The minimum absolute atomic E-state index is 0.0213. The van der Waals surface area contributed by atoms with E-state index >= 15 is 0 Å². The molecule has 1 saturated heterocycles. The van der Waals surface area contributed by atoms with Gasteiger partial charge in [-0.15, -0.1) is 0 Å². The normalized spacial score (nSPS) is 17.1. The Morgan fingerprint density at radius 2 is 1.70 bits per heavy atom. The highest BCUT2D eigenvalue weighted by Gasteiger charge is 2.35. The van der Waals surface area contributed by atoms with Crippen LogP contribution >= 0.6 is 15.9 Å². The summed E-state index contributed by atoms with van der Waals surface area (Å²) in [5, 5.41) is 0. The lowest BCUT2D eigenvalue weighted by molar-refractivity contribution is 0.0429. The van der Waals surface area contributed by atoms with Crippen molar-refractivity contribution in [2.45, 2.75) is 65.7 Å². The van der Waals surface area contributed by atoms with Crippen molar-refractivity contribution < 1.29 is 23.8 Å². The first-order valence-electron chi connectivity index (χ1n) is 10.7. The Kier molecular flexibility index (Phi) is 7.13. The predicted molar refractivity (Wildman–Crippen MR) is 128 cm³/mol. The number of anilines is 2. The zero-order valence-electron chi connectivity index (χ0n) is 20.0. The summed E-state index contributed by atoms with van der Waals surface area (Å²) in [6.07, 6.45) is -0.567. The zero-order chi connectivity index (χ0) is 24.6. The number of amides is 2. The van der Waals surface area contributed by atoms with E-state index in [1.165, 1.54) is 6.33 Å². The van der Waals surface area contributed by atoms with Gasteiger partial charge in [0.2, 0.25) is 0 Å². The predicted octanol–water partition coefficient (Wildman–Crippen LogP) is 4.69. The molecule has 0 saturated carbocycles. The Bertz CT molecular complexity index is 1020. The summed E-state index contributed by atoms with van der Waals surface area (Å²) in [5.74, 6) is 0.626. The lowest BCUT2D eigenvalue weighted by atomic mass is 10.2. The van der Waals surface area contributed by atoms with Crippen LogP contribution in [0, 0.1) is 0 Å². The third kappa shape index (κ3) is 6.08. The monoisotopic (exact) mass is 523 g/mol. The van der Waals surface area contributed by atoms with Gasteiger partial charge in [0.15, 0.2) is 5.82 Å². The van der Waals surface area contributed by atoms with Crippen molar-refractivity contribution in [3.8, 4) is 0 Å². The summed E-state index contributed by atoms with van der Waals surface area (Å²) in [4.78, 5) is 42.4. The molecule has 0 aromatic carbocycles. The second-order valence-electron chi connectivity index (χ2n) is 9.77. The molecule has 0 N–H and O–H groups in total. The van der Waals surface area contributed by atoms with Crippen molar-refractivity contribution in [3.05, 3.63) is 16.9 Å². The molecule has 33 heavy (non-hydrogen) atoms. The van der Waals surface area contributed by atoms with E-state index in [9.17, 15) is 9.59 Å². The maximum atomic E-state index is 13.1. The maximum absolute atomic E-state index is 13.1. The van der Waals surface area contributed by atoms with Gasteiger partial charge in [0.1, 0.15) is 34.4 Å². The molecule has 3 heterocycles. The molecule has 1 fully saturated rings. The number of rotatable bonds is 2. The fourth-order valence-corrected chi connectivity index (χ4v) is 3.71. The van der Waals surface area contributed by atoms with E-state index in [0.717, 1.165) is 4.90 Å². The molecular weight excluding hydrogens is 494 g/mol. The third-order valence-corrected chi connectivity index (χ3v) is 5.14. The van der Waals surface area contributed by atoms with E-state index in [2.05, 4.69) is 30.8 Å². The van der Waals surface area contributed by atoms with Crippen LogP contribution in [0.2, 0.25) is 0 Å². The second-order valence-corrected chi connectivity index (χ2v) is 10.6. The number of pyridine rings is 1. The van der Waals surface area contributed by atoms with Crippen molar-refractivity contribution in [1.82, 2.24) is 15.0 Å². The number of carbonyl (C=O) groups is 2. The number of halogens is 1. The molecule has 2 aromatic heterocycles. The van der Waals surface area contributed by atoms with Crippen LogP contribution in [0.5, 0.6) is 0 Å². The highest BCUT2D eigenvalue weighted by atomic mass is 79.9.